The number of phenols is 1. The minimum absolute atomic E-state index is 0.113. The Hall–Kier alpha value is -5.25. The predicted octanol–water partition coefficient (Wildman–Crippen LogP) is 6.99. The Morgan fingerprint density at radius 1 is 0.754 bits per heavy atom. The molecule has 296 valence electrons. The minimum Gasteiger partial charge on any atom is -0.508 e. The number of hydrogen-bond donors (Lipinski definition) is 2. The summed E-state index contributed by atoms with van der Waals surface area (Å²) in [5, 5.41) is 12.4. The molecule has 9 nitrogen and oxygen atoms in total. The Bertz CT molecular complexity index is 2090. The van der Waals surface area contributed by atoms with Gasteiger partial charge in [0.25, 0.3) is 5.91 Å². The third-order valence-electron chi connectivity index (χ3n) is 12.6. The van der Waals surface area contributed by atoms with E-state index in [9.17, 15) is 19.5 Å². The fraction of sp³-hybridized carbons (Fsp3) is 0.396. The second-order valence-electron chi connectivity index (χ2n) is 16.2. The van der Waals surface area contributed by atoms with Crippen molar-refractivity contribution in [2.75, 3.05) is 57.3 Å². The Morgan fingerprint density at radius 3 is 2.18 bits per heavy atom. The number of piperidine rings is 2. The van der Waals surface area contributed by atoms with Crippen LogP contribution in [0.25, 0.3) is 11.1 Å². The molecule has 2 N–H and O–H groups in total. The van der Waals surface area contributed by atoms with Crippen molar-refractivity contribution < 1.29 is 19.5 Å². The van der Waals surface area contributed by atoms with Gasteiger partial charge >= 0.3 is 0 Å². The van der Waals surface area contributed by atoms with E-state index in [1.54, 1.807) is 17.0 Å². The number of fused-ring (bicyclic) bond motifs is 1. The van der Waals surface area contributed by atoms with Gasteiger partial charge in [-0.1, -0.05) is 73.7 Å². The van der Waals surface area contributed by atoms with Crippen molar-refractivity contribution in [3.8, 4) is 5.75 Å². The van der Waals surface area contributed by atoms with Crippen molar-refractivity contribution in [1.29, 1.82) is 0 Å². The van der Waals surface area contributed by atoms with E-state index >= 15 is 0 Å². The molecule has 3 amide bonds. The summed E-state index contributed by atoms with van der Waals surface area (Å²) in [4.78, 5) is 46.6. The number of allylic oxidation sites excluding steroid dienone is 1. The molecule has 0 saturated carbocycles. The van der Waals surface area contributed by atoms with Gasteiger partial charge in [-0.15, -0.1) is 0 Å². The molecule has 9 heteroatoms. The largest absolute Gasteiger partial charge is 0.508 e. The average molecular weight is 766 g/mol. The zero-order valence-electron chi connectivity index (χ0n) is 33.2. The van der Waals surface area contributed by atoms with E-state index in [1.807, 2.05) is 18.2 Å². The molecule has 8 rings (SSSR count). The highest BCUT2D eigenvalue weighted by molar-refractivity contribution is 6.05. The first-order chi connectivity index (χ1) is 27.8. The van der Waals surface area contributed by atoms with E-state index in [1.165, 1.54) is 59.3 Å². The number of benzene rings is 4. The summed E-state index contributed by atoms with van der Waals surface area (Å²) in [7, 11) is 0. The number of aromatic hydroxyl groups is 1. The van der Waals surface area contributed by atoms with Crippen molar-refractivity contribution in [3.63, 3.8) is 0 Å². The zero-order chi connectivity index (χ0) is 39.3. The number of anilines is 1. The third-order valence-corrected chi connectivity index (χ3v) is 12.6. The van der Waals surface area contributed by atoms with E-state index in [0.29, 0.717) is 24.4 Å². The number of carbonyl (C=O) groups is 3. The van der Waals surface area contributed by atoms with Crippen LogP contribution in [0.2, 0.25) is 0 Å². The maximum Gasteiger partial charge on any atom is 0.255 e. The Labute approximate surface area is 337 Å². The van der Waals surface area contributed by atoms with Crippen molar-refractivity contribution in [1.82, 2.24) is 20.0 Å². The van der Waals surface area contributed by atoms with Gasteiger partial charge in [0, 0.05) is 63.5 Å². The van der Waals surface area contributed by atoms with Crippen LogP contribution in [0.4, 0.5) is 5.69 Å². The highest BCUT2D eigenvalue weighted by Crippen LogP contribution is 2.36. The van der Waals surface area contributed by atoms with E-state index in [-0.39, 0.29) is 29.9 Å². The molecule has 4 aromatic rings. The monoisotopic (exact) mass is 765 g/mol. The number of hydrogen-bond acceptors (Lipinski definition) is 7. The number of phenolic OH excluding ortho intramolecular Hbond substituents is 1. The van der Waals surface area contributed by atoms with Crippen LogP contribution >= 0.6 is 0 Å². The van der Waals surface area contributed by atoms with Crippen LogP contribution in [-0.4, -0.2) is 95.9 Å². The summed E-state index contributed by atoms with van der Waals surface area (Å²) >= 11 is 0. The van der Waals surface area contributed by atoms with Crippen molar-refractivity contribution >= 4 is 34.6 Å². The van der Waals surface area contributed by atoms with Gasteiger partial charge in [0.1, 0.15) is 11.8 Å². The summed E-state index contributed by atoms with van der Waals surface area (Å²) in [5.74, 6) is 0.246. The molecule has 3 fully saturated rings. The van der Waals surface area contributed by atoms with Gasteiger partial charge in [0.15, 0.2) is 0 Å². The summed E-state index contributed by atoms with van der Waals surface area (Å²) in [5.41, 5.74) is 10.2. The Morgan fingerprint density at radius 2 is 1.46 bits per heavy atom. The van der Waals surface area contributed by atoms with Crippen LogP contribution in [0.5, 0.6) is 5.75 Å². The maximum absolute atomic E-state index is 13.1. The molecule has 4 aromatic carbocycles. The van der Waals surface area contributed by atoms with E-state index in [4.69, 9.17) is 0 Å². The first-order valence-corrected chi connectivity index (χ1v) is 21.0. The lowest BCUT2D eigenvalue weighted by atomic mass is 9.88. The maximum atomic E-state index is 13.1. The fourth-order valence-corrected chi connectivity index (χ4v) is 9.39. The van der Waals surface area contributed by atoms with Gasteiger partial charge in [-0.25, -0.2) is 0 Å². The lowest BCUT2D eigenvalue weighted by Gasteiger charge is -2.36. The number of rotatable bonds is 11. The highest BCUT2D eigenvalue weighted by atomic mass is 16.3. The molecule has 0 spiro atoms. The zero-order valence-corrected chi connectivity index (χ0v) is 33.2. The van der Waals surface area contributed by atoms with Gasteiger partial charge in [-0.3, -0.25) is 19.7 Å². The first-order valence-electron chi connectivity index (χ1n) is 21.0. The number of nitrogens with one attached hydrogen (secondary N) is 1. The van der Waals surface area contributed by atoms with Crippen molar-refractivity contribution in [3.05, 3.63) is 130 Å². The highest BCUT2D eigenvalue weighted by Gasteiger charge is 2.39. The lowest BCUT2D eigenvalue weighted by Crippen LogP contribution is -2.52. The molecule has 0 bridgehead atoms. The number of nitrogens with zero attached hydrogens (tertiary/aromatic N) is 4. The van der Waals surface area contributed by atoms with Crippen LogP contribution in [0.15, 0.2) is 97.1 Å². The summed E-state index contributed by atoms with van der Waals surface area (Å²) < 4.78 is 0. The number of imide groups is 1. The van der Waals surface area contributed by atoms with Crippen molar-refractivity contribution in [2.45, 2.75) is 64.5 Å². The lowest BCUT2D eigenvalue weighted by molar-refractivity contribution is -0.136. The van der Waals surface area contributed by atoms with Crippen LogP contribution in [0.3, 0.4) is 0 Å². The van der Waals surface area contributed by atoms with E-state index in [0.717, 1.165) is 69.8 Å². The Kier molecular flexibility index (Phi) is 11.8. The number of amides is 3. The fourth-order valence-electron chi connectivity index (χ4n) is 9.39. The molecule has 4 aliphatic heterocycles. The standard InChI is InChI=1S/C48H55N5O4/c1-2-42(36-7-4-3-5-8-36)46(38-12-16-41(54)17-13-38)37-10-14-40(15-11-37)52-27-22-35(23-28-52)32-51-25-6-24-50(29-30-51)26-21-34-9-18-43-39(31-34)33-53(48(43)57)44-19-20-45(55)49-47(44)56/h3-5,7-18,31,35,44,54H,2,6,19-30,32-33H2,1H3,(H,49,55,56)/b46-42+. The second kappa shape index (κ2) is 17.5. The smallest absolute Gasteiger partial charge is 0.255 e. The molecule has 1 unspecified atom stereocenters. The van der Waals surface area contributed by atoms with Crippen LogP contribution in [0.1, 0.15) is 83.6 Å². The molecule has 1 atom stereocenters. The molecule has 0 aromatic heterocycles. The summed E-state index contributed by atoms with van der Waals surface area (Å²) in [6.45, 7) is 11.4. The molecule has 0 radical (unpaired) electrons. The van der Waals surface area contributed by atoms with Gasteiger partial charge in [-0.2, -0.15) is 0 Å². The molecular formula is C48H55N5O4. The van der Waals surface area contributed by atoms with Crippen LogP contribution in [-0.2, 0) is 22.6 Å². The predicted molar refractivity (Wildman–Crippen MR) is 226 cm³/mol. The summed E-state index contributed by atoms with van der Waals surface area (Å²) in [6.07, 6.45) is 6.07. The van der Waals surface area contributed by atoms with Gasteiger partial charge in [0.05, 0.1) is 0 Å². The minimum atomic E-state index is -0.577. The second-order valence-corrected chi connectivity index (χ2v) is 16.2. The summed E-state index contributed by atoms with van der Waals surface area (Å²) in [6, 6.07) is 32.9. The molecule has 57 heavy (non-hydrogen) atoms. The SMILES string of the molecule is CC/C(=C(\c1ccc(O)cc1)c1ccc(N2CCC(CN3CCCN(CCc4ccc5c(c4)CN(C4CCC(=O)NC4=O)C5=O)CC3)CC2)cc1)c1ccccc1. The quantitative estimate of drug-likeness (QED) is 0.126. The number of carbonyl (C=O) groups excluding carboxylic acids is 3. The van der Waals surface area contributed by atoms with E-state index in [2.05, 4.69) is 93.7 Å². The van der Waals surface area contributed by atoms with Gasteiger partial charge < -0.3 is 24.7 Å². The average Bonchev–Trinajstić information content (AvgIpc) is 3.39. The van der Waals surface area contributed by atoms with Gasteiger partial charge in [0.2, 0.25) is 11.8 Å². The topological polar surface area (TPSA) is 96.4 Å². The molecule has 0 aliphatic carbocycles. The van der Waals surface area contributed by atoms with Gasteiger partial charge in [-0.05, 0) is 127 Å². The van der Waals surface area contributed by atoms with E-state index < -0.39 is 6.04 Å². The first kappa shape index (κ1) is 38.6. The molecule has 4 aliphatic rings. The molecular weight excluding hydrogens is 711 g/mol. The molecule has 4 heterocycles. The third kappa shape index (κ3) is 8.85. The van der Waals surface area contributed by atoms with Crippen molar-refractivity contribution in [2.24, 2.45) is 5.92 Å². The van der Waals surface area contributed by atoms with Crippen LogP contribution < -0.4 is 10.2 Å². The van der Waals surface area contributed by atoms with Crippen LogP contribution in [0, 0.1) is 5.92 Å². The molecule has 3 saturated heterocycles. The normalized spacial score (nSPS) is 20.3. The Balaban J connectivity index is 0.817.